The van der Waals surface area contributed by atoms with E-state index in [1.165, 1.54) is 4.90 Å². The summed E-state index contributed by atoms with van der Waals surface area (Å²) < 4.78 is 26.8. The van der Waals surface area contributed by atoms with Crippen molar-refractivity contribution in [2.45, 2.75) is 60.0 Å². The number of nitrogens with zero attached hydrogens (tertiary/aromatic N) is 2. The van der Waals surface area contributed by atoms with Gasteiger partial charge < -0.3 is 10.2 Å². The van der Waals surface area contributed by atoms with Gasteiger partial charge in [-0.1, -0.05) is 75.7 Å². The van der Waals surface area contributed by atoms with Gasteiger partial charge in [-0.3, -0.25) is 13.9 Å². The third kappa shape index (κ3) is 8.09. The molecule has 0 aromatic heterocycles. The lowest BCUT2D eigenvalue weighted by atomic mass is 10.0. The minimum atomic E-state index is -3.76. The Morgan fingerprint density at radius 1 is 0.971 bits per heavy atom. The van der Waals surface area contributed by atoms with Gasteiger partial charge in [-0.25, -0.2) is 8.42 Å². The lowest BCUT2D eigenvalue weighted by Gasteiger charge is -2.32. The van der Waals surface area contributed by atoms with Crippen molar-refractivity contribution in [2.24, 2.45) is 5.92 Å². The third-order valence-corrected chi connectivity index (χ3v) is 6.92. The molecule has 2 rings (SSSR count). The average molecular weight is 502 g/mol. The fourth-order valence-corrected chi connectivity index (χ4v) is 4.71. The molecule has 0 bridgehead atoms. The molecule has 0 spiro atoms. The highest BCUT2D eigenvalue weighted by molar-refractivity contribution is 7.92. The Morgan fingerprint density at radius 2 is 1.63 bits per heavy atom. The predicted octanol–water partition coefficient (Wildman–Crippen LogP) is 4.07. The van der Waals surface area contributed by atoms with Crippen LogP contribution in [0.5, 0.6) is 0 Å². The Balaban J connectivity index is 2.43. The number of aryl methyl sites for hydroxylation is 1. The molecule has 0 saturated carbocycles. The quantitative estimate of drug-likeness (QED) is 0.503. The number of benzene rings is 2. The minimum Gasteiger partial charge on any atom is -0.354 e. The van der Waals surface area contributed by atoms with E-state index in [0.29, 0.717) is 12.2 Å². The van der Waals surface area contributed by atoms with E-state index in [2.05, 4.69) is 5.32 Å². The van der Waals surface area contributed by atoms with E-state index in [1.807, 2.05) is 71.0 Å². The normalized spacial score (nSPS) is 12.5. The molecule has 2 amide bonds. The summed E-state index contributed by atoms with van der Waals surface area (Å²) in [6.45, 7) is 11.9. The van der Waals surface area contributed by atoms with Gasteiger partial charge in [0.2, 0.25) is 21.8 Å². The van der Waals surface area contributed by atoms with Gasteiger partial charge in [0.15, 0.2) is 0 Å². The number of nitrogens with one attached hydrogen (secondary N) is 1. The lowest BCUT2D eigenvalue weighted by Crippen LogP contribution is -2.51. The molecule has 0 aliphatic rings. The van der Waals surface area contributed by atoms with Crippen LogP contribution in [0.1, 0.15) is 57.2 Å². The molecule has 0 saturated heterocycles. The molecule has 0 unspecified atom stereocenters. The van der Waals surface area contributed by atoms with Crippen molar-refractivity contribution in [3.05, 3.63) is 65.2 Å². The Labute approximate surface area is 210 Å². The van der Waals surface area contributed by atoms with Crippen molar-refractivity contribution in [1.29, 1.82) is 0 Å². The monoisotopic (exact) mass is 501 g/mol. The van der Waals surface area contributed by atoms with Gasteiger partial charge in [0.05, 0.1) is 11.9 Å². The summed E-state index contributed by atoms with van der Waals surface area (Å²) in [5.41, 5.74) is 3.22. The Morgan fingerprint density at radius 3 is 2.20 bits per heavy atom. The number of para-hydroxylation sites is 1. The molecule has 0 fully saturated rings. The Bertz CT molecular complexity index is 1130. The summed E-state index contributed by atoms with van der Waals surface area (Å²) in [6.07, 6.45) is 1.10. The maximum absolute atomic E-state index is 13.7. The maximum Gasteiger partial charge on any atom is 0.244 e. The van der Waals surface area contributed by atoms with Crippen LogP contribution in [0.2, 0.25) is 0 Å². The van der Waals surface area contributed by atoms with Gasteiger partial charge in [-0.05, 0) is 42.9 Å². The molecule has 2 aromatic carbocycles. The molecule has 0 heterocycles. The molecule has 8 heteroatoms. The van der Waals surface area contributed by atoms with Crippen LogP contribution in [0.25, 0.3) is 0 Å². The van der Waals surface area contributed by atoms with Gasteiger partial charge >= 0.3 is 0 Å². The second-order valence-corrected chi connectivity index (χ2v) is 11.7. The van der Waals surface area contributed by atoms with Gasteiger partial charge in [0, 0.05) is 13.1 Å². The molecule has 0 aliphatic heterocycles. The summed E-state index contributed by atoms with van der Waals surface area (Å²) in [6, 6.07) is 14.1. The van der Waals surface area contributed by atoms with E-state index in [9.17, 15) is 18.0 Å². The zero-order chi connectivity index (χ0) is 26.3. The van der Waals surface area contributed by atoms with Gasteiger partial charge in [0.1, 0.15) is 12.6 Å². The largest absolute Gasteiger partial charge is 0.354 e. The number of carbonyl (C=O) groups excluding carboxylic acids is 2. The van der Waals surface area contributed by atoms with Crippen LogP contribution in [-0.2, 0) is 26.2 Å². The van der Waals surface area contributed by atoms with E-state index in [1.54, 1.807) is 19.1 Å². The van der Waals surface area contributed by atoms with Crippen molar-refractivity contribution in [3.63, 3.8) is 0 Å². The van der Waals surface area contributed by atoms with Crippen LogP contribution in [-0.4, -0.2) is 50.5 Å². The first-order chi connectivity index (χ1) is 16.3. The third-order valence-electron chi connectivity index (χ3n) is 5.79. The fraction of sp³-hybridized carbons (Fsp3) is 0.481. The molecule has 2 aromatic rings. The molecule has 192 valence electrons. The molecule has 7 nitrogen and oxygen atoms in total. The molecule has 1 atom stereocenters. The number of hydrogen-bond donors (Lipinski definition) is 1. The van der Waals surface area contributed by atoms with E-state index in [0.717, 1.165) is 27.3 Å². The van der Waals surface area contributed by atoms with Crippen molar-refractivity contribution in [2.75, 3.05) is 23.7 Å². The summed E-state index contributed by atoms with van der Waals surface area (Å²) in [5.74, 6) is -0.383. The first-order valence-electron chi connectivity index (χ1n) is 12.0. The van der Waals surface area contributed by atoms with E-state index in [-0.39, 0.29) is 24.3 Å². The average Bonchev–Trinajstić information content (AvgIpc) is 2.78. The molecule has 1 N–H and O–H groups in total. The SMILES string of the molecule is Cc1cccc(CN(C(=O)CN(c2ccccc2C(C)C)S(C)(=O)=O)[C@@H](C)C(=O)NCC(C)C)c1. The van der Waals surface area contributed by atoms with Crippen LogP contribution < -0.4 is 9.62 Å². The summed E-state index contributed by atoms with van der Waals surface area (Å²) >= 11 is 0. The second-order valence-electron chi connectivity index (χ2n) is 9.81. The van der Waals surface area contributed by atoms with Crippen LogP contribution >= 0.6 is 0 Å². The van der Waals surface area contributed by atoms with E-state index in [4.69, 9.17) is 0 Å². The highest BCUT2D eigenvalue weighted by Gasteiger charge is 2.31. The smallest absolute Gasteiger partial charge is 0.244 e. The predicted molar refractivity (Wildman–Crippen MR) is 142 cm³/mol. The number of sulfonamides is 1. The topological polar surface area (TPSA) is 86.8 Å². The number of amides is 2. The van der Waals surface area contributed by atoms with E-state index >= 15 is 0 Å². The summed E-state index contributed by atoms with van der Waals surface area (Å²) in [5, 5.41) is 2.89. The van der Waals surface area contributed by atoms with Crippen LogP contribution in [0.15, 0.2) is 48.5 Å². The second kappa shape index (κ2) is 12.2. The van der Waals surface area contributed by atoms with Crippen molar-refractivity contribution in [1.82, 2.24) is 10.2 Å². The maximum atomic E-state index is 13.7. The number of hydrogen-bond acceptors (Lipinski definition) is 4. The summed E-state index contributed by atoms with van der Waals surface area (Å²) in [4.78, 5) is 28.0. The van der Waals surface area contributed by atoms with Crippen LogP contribution in [0, 0.1) is 12.8 Å². The number of carbonyl (C=O) groups is 2. The molecule has 35 heavy (non-hydrogen) atoms. The number of anilines is 1. The van der Waals surface area contributed by atoms with Crippen molar-refractivity contribution < 1.29 is 18.0 Å². The van der Waals surface area contributed by atoms with Gasteiger partial charge in [-0.15, -0.1) is 0 Å². The van der Waals surface area contributed by atoms with Crippen LogP contribution in [0.3, 0.4) is 0 Å². The van der Waals surface area contributed by atoms with E-state index < -0.39 is 28.5 Å². The van der Waals surface area contributed by atoms with Crippen molar-refractivity contribution in [3.8, 4) is 0 Å². The number of rotatable bonds is 11. The zero-order valence-electron chi connectivity index (χ0n) is 21.9. The summed E-state index contributed by atoms with van der Waals surface area (Å²) in [7, 11) is -3.76. The molecular weight excluding hydrogens is 462 g/mol. The van der Waals surface area contributed by atoms with Crippen LogP contribution in [0.4, 0.5) is 5.69 Å². The van der Waals surface area contributed by atoms with Gasteiger partial charge in [-0.2, -0.15) is 0 Å². The molecular formula is C27H39N3O4S. The zero-order valence-corrected chi connectivity index (χ0v) is 22.7. The standard InChI is InChI=1S/C27H39N3O4S/c1-19(2)16-28-27(32)22(6)29(17-23-12-10-11-21(5)15-23)26(31)18-30(35(7,33)34)25-14-9-8-13-24(25)20(3)4/h8-15,19-20,22H,16-18H2,1-7H3,(H,28,32)/t22-/m0/s1. The minimum absolute atomic E-state index is 0.0645. The highest BCUT2D eigenvalue weighted by atomic mass is 32.2. The Kier molecular flexibility index (Phi) is 9.89. The highest BCUT2D eigenvalue weighted by Crippen LogP contribution is 2.29. The van der Waals surface area contributed by atoms with Gasteiger partial charge in [0.25, 0.3) is 0 Å². The molecule has 0 radical (unpaired) electrons. The lowest BCUT2D eigenvalue weighted by molar-refractivity contribution is -0.139. The fourth-order valence-electron chi connectivity index (χ4n) is 3.84. The molecule has 0 aliphatic carbocycles. The Hall–Kier alpha value is -2.87. The first-order valence-corrected chi connectivity index (χ1v) is 13.9. The first kappa shape index (κ1) is 28.4. The van der Waals surface area contributed by atoms with Crippen molar-refractivity contribution >= 4 is 27.5 Å².